The molecule has 31 heavy (non-hydrogen) atoms. The maximum atomic E-state index is 12.7. The van der Waals surface area contributed by atoms with Crippen molar-refractivity contribution in [3.05, 3.63) is 54.7 Å². The summed E-state index contributed by atoms with van der Waals surface area (Å²) in [6, 6.07) is 4.61. The van der Waals surface area contributed by atoms with Crippen LogP contribution < -0.4 is 10.9 Å². The van der Waals surface area contributed by atoms with Crippen LogP contribution in [0.15, 0.2) is 28.2 Å². The highest BCUT2D eigenvalue weighted by atomic mass is 32.2. The molecule has 2 heterocycles. The number of aryl methyl sites for hydroxylation is 2. The molecule has 0 aliphatic rings. The predicted octanol–water partition coefficient (Wildman–Crippen LogP) is 4.83. The number of nitro groups is 1. The molecule has 0 saturated carbocycles. The van der Waals surface area contributed by atoms with E-state index in [2.05, 4.69) is 29.1 Å². The first-order valence-electron chi connectivity index (χ1n) is 9.90. The predicted molar refractivity (Wildman–Crippen MR) is 125 cm³/mol. The van der Waals surface area contributed by atoms with Crippen LogP contribution >= 0.6 is 23.1 Å². The average molecular weight is 461 g/mol. The fourth-order valence-electron chi connectivity index (χ4n) is 3.24. The van der Waals surface area contributed by atoms with Gasteiger partial charge in [-0.05, 0) is 37.3 Å². The number of amides is 1. The summed E-state index contributed by atoms with van der Waals surface area (Å²) in [6.45, 7) is 7.98. The molecule has 2 N–H and O–H groups in total. The number of para-hydroxylation sites is 1. The van der Waals surface area contributed by atoms with Crippen LogP contribution in [-0.4, -0.2) is 26.6 Å². The van der Waals surface area contributed by atoms with Crippen molar-refractivity contribution in [1.82, 2.24) is 9.97 Å². The van der Waals surface area contributed by atoms with Crippen molar-refractivity contribution in [2.45, 2.75) is 45.7 Å². The lowest BCUT2D eigenvalue weighted by Crippen LogP contribution is -2.17. The Balaban J connectivity index is 1.77. The number of rotatable bonds is 8. The first-order chi connectivity index (χ1) is 14.7. The van der Waals surface area contributed by atoms with E-state index in [1.807, 2.05) is 6.92 Å². The summed E-state index contributed by atoms with van der Waals surface area (Å²) in [5.41, 5.74) is 1.46. The van der Waals surface area contributed by atoms with E-state index in [-0.39, 0.29) is 22.7 Å². The van der Waals surface area contributed by atoms with Crippen molar-refractivity contribution >= 4 is 50.6 Å². The van der Waals surface area contributed by atoms with Crippen LogP contribution in [0.2, 0.25) is 0 Å². The molecule has 1 atom stereocenters. The highest BCUT2D eigenvalue weighted by Crippen LogP contribution is 2.31. The van der Waals surface area contributed by atoms with Crippen molar-refractivity contribution in [3.8, 4) is 0 Å². The Morgan fingerprint density at radius 1 is 1.39 bits per heavy atom. The van der Waals surface area contributed by atoms with Crippen molar-refractivity contribution in [1.29, 1.82) is 0 Å². The molecule has 1 unspecified atom stereocenters. The van der Waals surface area contributed by atoms with Gasteiger partial charge in [-0.3, -0.25) is 19.7 Å². The second-order valence-corrected chi connectivity index (χ2v) is 9.64. The third-order valence-corrected chi connectivity index (χ3v) is 7.06. The Hall–Kier alpha value is -2.72. The van der Waals surface area contributed by atoms with E-state index in [4.69, 9.17) is 0 Å². The zero-order valence-corrected chi connectivity index (χ0v) is 19.4. The molecule has 3 aromatic rings. The van der Waals surface area contributed by atoms with Crippen LogP contribution in [0.25, 0.3) is 10.2 Å². The molecule has 8 nitrogen and oxygen atoms in total. The number of benzene rings is 1. The normalized spacial score (nSPS) is 12.1. The van der Waals surface area contributed by atoms with Crippen molar-refractivity contribution < 1.29 is 9.72 Å². The lowest BCUT2D eigenvalue weighted by molar-refractivity contribution is -0.384. The Bertz CT molecular complexity index is 1200. The van der Waals surface area contributed by atoms with Gasteiger partial charge < -0.3 is 10.3 Å². The molecular formula is C21H24N4O4S2. The second kappa shape index (κ2) is 9.61. The Labute approximate surface area is 187 Å². The molecule has 1 amide bonds. The molecule has 1 aromatic carbocycles. The number of carbonyl (C=O) groups excluding carboxylic acids is 1. The smallest absolute Gasteiger partial charge is 0.293 e. The number of nitro benzene ring substituents is 1. The maximum Gasteiger partial charge on any atom is 0.293 e. The van der Waals surface area contributed by atoms with Gasteiger partial charge in [0.15, 0.2) is 5.16 Å². The van der Waals surface area contributed by atoms with Crippen LogP contribution in [0.5, 0.6) is 0 Å². The molecule has 164 valence electrons. The lowest BCUT2D eigenvalue weighted by atomic mass is 9.98. The highest BCUT2D eigenvalue weighted by molar-refractivity contribution is 7.99. The maximum absolute atomic E-state index is 12.7. The zero-order chi connectivity index (χ0) is 22.7. The van der Waals surface area contributed by atoms with Gasteiger partial charge >= 0.3 is 0 Å². The Morgan fingerprint density at radius 3 is 2.81 bits per heavy atom. The number of hydrogen-bond donors (Lipinski definition) is 2. The number of H-pyrrole nitrogens is 1. The quantitative estimate of drug-likeness (QED) is 0.215. The highest BCUT2D eigenvalue weighted by Gasteiger charge is 2.19. The van der Waals surface area contributed by atoms with E-state index in [0.29, 0.717) is 26.9 Å². The number of fused-ring (bicyclic) bond motifs is 1. The molecule has 0 radical (unpaired) electrons. The van der Waals surface area contributed by atoms with Gasteiger partial charge in [0, 0.05) is 10.9 Å². The van der Waals surface area contributed by atoms with Gasteiger partial charge in [-0.1, -0.05) is 44.2 Å². The van der Waals surface area contributed by atoms with Gasteiger partial charge in [0.25, 0.3) is 11.2 Å². The van der Waals surface area contributed by atoms with Crippen molar-refractivity contribution in [3.63, 3.8) is 0 Å². The average Bonchev–Trinajstić information content (AvgIpc) is 3.03. The van der Waals surface area contributed by atoms with Crippen LogP contribution in [-0.2, 0) is 11.2 Å². The first-order valence-corrected chi connectivity index (χ1v) is 11.7. The summed E-state index contributed by atoms with van der Waals surface area (Å²) in [7, 11) is 0. The van der Waals surface area contributed by atoms with E-state index >= 15 is 0 Å². The summed E-state index contributed by atoms with van der Waals surface area (Å²) in [5, 5.41) is 14.8. The fraction of sp³-hybridized carbons (Fsp3) is 0.381. The molecule has 0 fully saturated rings. The second-order valence-electron chi connectivity index (χ2n) is 7.47. The van der Waals surface area contributed by atoms with Gasteiger partial charge in [0.2, 0.25) is 5.91 Å². The van der Waals surface area contributed by atoms with E-state index in [9.17, 15) is 19.7 Å². The summed E-state index contributed by atoms with van der Waals surface area (Å²) in [5.74, 6) is 0.0217. The molecule has 0 spiro atoms. The number of nitrogens with one attached hydrogen (secondary N) is 2. The molecule has 0 bridgehead atoms. The monoisotopic (exact) mass is 460 g/mol. The minimum atomic E-state index is -0.529. The first kappa shape index (κ1) is 23.0. The van der Waals surface area contributed by atoms with Crippen LogP contribution in [0.4, 0.5) is 11.4 Å². The van der Waals surface area contributed by atoms with Crippen LogP contribution in [0.1, 0.15) is 36.3 Å². The van der Waals surface area contributed by atoms with Crippen LogP contribution in [0.3, 0.4) is 0 Å². The topological polar surface area (TPSA) is 118 Å². The zero-order valence-electron chi connectivity index (χ0n) is 17.8. The SMILES string of the molecule is CCC(C)Cc1c(C)sc2nc(SCC(=O)Nc3c(C)cccc3[N+](=O)[O-])[nH]c(=O)c12. The number of thioether (sulfide) groups is 1. The number of aromatic amines is 1. The number of nitrogens with zero attached hydrogens (tertiary/aromatic N) is 2. The van der Waals surface area contributed by atoms with Crippen LogP contribution in [0, 0.1) is 29.9 Å². The minimum absolute atomic E-state index is 0.0377. The summed E-state index contributed by atoms with van der Waals surface area (Å²) >= 11 is 2.57. The van der Waals surface area contributed by atoms with Gasteiger partial charge in [-0.2, -0.15) is 0 Å². The van der Waals surface area contributed by atoms with Gasteiger partial charge in [0.1, 0.15) is 10.5 Å². The number of hydrogen-bond acceptors (Lipinski definition) is 7. The number of thiophene rings is 1. The fourth-order valence-corrected chi connectivity index (χ4v) is 5.01. The van der Waals surface area contributed by atoms with E-state index in [1.165, 1.54) is 17.4 Å². The number of aromatic nitrogens is 2. The largest absolute Gasteiger partial charge is 0.319 e. The van der Waals surface area contributed by atoms with E-state index < -0.39 is 10.8 Å². The third kappa shape index (κ3) is 5.13. The van der Waals surface area contributed by atoms with Crippen molar-refractivity contribution in [2.75, 3.05) is 11.1 Å². The van der Waals surface area contributed by atoms with Gasteiger partial charge in [-0.25, -0.2) is 4.98 Å². The molecule has 2 aromatic heterocycles. The molecule has 3 rings (SSSR count). The van der Waals surface area contributed by atoms with Crippen molar-refractivity contribution in [2.24, 2.45) is 5.92 Å². The molecule has 0 saturated heterocycles. The number of carbonyl (C=O) groups is 1. The van der Waals surface area contributed by atoms with E-state index in [0.717, 1.165) is 35.0 Å². The molecule has 10 heteroatoms. The van der Waals surface area contributed by atoms with Gasteiger partial charge in [-0.15, -0.1) is 11.3 Å². The molecule has 0 aliphatic carbocycles. The Kier molecular flexibility index (Phi) is 7.11. The number of anilines is 1. The lowest BCUT2D eigenvalue weighted by Gasteiger charge is -2.09. The van der Waals surface area contributed by atoms with E-state index in [1.54, 1.807) is 19.1 Å². The standard InChI is InChI=1S/C21H24N4O4S2/c1-5-11(2)9-14-13(4)31-20-17(14)19(27)23-21(24-20)30-10-16(26)22-18-12(3)7-6-8-15(18)25(28)29/h6-8,11H,5,9-10H2,1-4H3,(H,22,26)(H,23,24,27). The summed E-state index contributed by atoms with van der Waals surface area (Å²) < 4.78 is 0. The third-order valence-electron chi connectivity index (χ3n) is 5.14. The summed E-state index contributed by atoms with van der Waals surface area (Å²) in [4.78, 5) is 44.9. The molecule has 0 aliphatic heterocycles. The Morgan fingerprint density at radius 2 is 2.13 bits per heavy atom. The minimum Gasteiger partial charge on any atom is -0.319 e. The van der Waals surface area contributed by atoms with Gasteiger partial charge in [0.05, 0.1) is 16.1 Å². The molecular weight excluding hydrogens is 436 g/mol. The summed E-state index contributed by atoms with van der Waals surface area (Å²) in [6.07, 6.45) is 1.86.